The molecule has 0 aliphatic rings. The molecule has 5 nitrogen and oxygen atoms in total. The lowest BCUT2D eigenvalue weighted by Crippen LogP contribution is -2.13. The Morgan fingerprint density at radius 3 is 2.05 bits per heavy atom. The van der Waals surface area contributed by atoms with E-state index in [-0.39, 0.29) is 25.2 Å². The van der Waals surface area contributed by atoms with Gasteiger partial charge in [-0.2, -0.15) is 0 Å². The standard InChI is InChI=1S/C15H28O5/c1-3-4-5-6-7-8-9-15(17)20-13-11-18-10-12-19-14(2)16/h3-13H2,1-2H3. The maximum Gasteiger partial charge on any atom is 0.305 e. The first kappa shape index (κ1) is 18.9. The van der Waals surface area contributed by atoms with Crippen molar-refractivity contribution in [2.75, 3.05) is 26.4 Å². The van der Waals surface area contributed by atoms with E-state index in [1.165, 1.54) is 32.6 Å². The number of unbranched alkanes of at least 4 members (excludes halogenated alkanes) is 5. The molecule has 20 heavy (non-hydrogen) atoms. The van der Waals surface area contributed by atoms with Crippen LogP contribution in [0.15, 0.2) is 0 Å². The van der Waals surface area contributed by atoms with Gasteiger partial charge in [-0.3, -0.25) is 9.59 Å². The molecule has 0 aromatic heterocycles. The van der Waals surface area contributed by atoms with Gasteiger partial charge in [-0.25, -0.2) is 0 Å². The first-order valence-corrected chi connectivity index (χ1v) is 7.53. The highest BCUT2D eigenvalue weighted by molar-refractivity contribution is 5.69. The SMILES string of the molecule is CCCCCCCCC(=O)OCCOCCOC(C)=O. The fraction of sp³-hybridized carbons (Fsp3) is 0.867. The predicted molar refractivity (Wildman–Crippen MR) is 76.4 cm³/mol. The van der Waals surface area contributed by atoms with E-state index < -0.39 is 0 Å². The number of hydrogen-bond acceptors (Lipinski definition) is 5. The lowest BCUT2D eigenvalue weighted by atomic mass is 10.1. The first-order chi connectivity index (χ1) is 9.66. The minimum Gasteiger partial charge on any atom is -0.463 e. The van der Waals surface area contributed by atoms with Crippen LogP contribution >= 0.6 is 0 Å². The molecular formula is C15H28O5. The summed E-state index contributed by atoms with van der Waals surface area (Å²) < 4.78 is 14.9. The fourth-order valence-electron chi connectivity index (χ4n) is 1.68. The second-order valence-corrected chi connectivity index (χ2v) is 4.69. The van der Waals surface area contributed by atoms with Gasteiger partial charge in [0, 0.05) is 13.3 Å². The van der Waals surface area contributed by atoms with Gasteiger partial charge < -0.3 is 14.2 Å². The summed E-state index contributed by atoms with van der Waals surface area (Å²) in [5, 5.41) is 0. The summed E-state index contributed by atoms with van der Waals surface area (Å²) in [5.41, 5.74) is 0. The molecule has 0 bridgehead atoms. The lowest BCUT2D eigenvalue weighted by molar-refractivity contribution is -0.145. The summed E-state index contributed by atoms with van der Waals surface area (Å²) in [6, 6.07) is 0. The van der Waals surface area contributed by atoms with Crippen molar-refractivity contribution in [3.05, 3.63) is 0 Å². The molecule has 0 saturated carbocycles. The van der Waals surface area contributed by atoms with E-state index in [1.54, 1.807) is 0 Å². The molecule has 0 spiro atoms. The Morgan fingerprint density at radius 1 is 0.800 bits per heavy atom. The van der Waals surface area contributed by atoms with Crippen LogP contribution in [0.3, 0.4) is 0 Å². The Hall–Kier alpha value is -1.10. The Kier molecular flexibility index (Phi) is 13.5. The monoisotopic (exact) mass is 288 g/mol. The van der Waals surface area contributed by atoms with E-state index in [2.05, 4.69) is 6.92 Å². The van der Waals surface area contributed by atoms with Gasteiger partial charge >= 0.3 is 11.9 Å². The molecule has 0 heterocycles. The maximum absolute atomic E-state index is 11.4. The molecule has 5 heteroatoms. The molecule has 0 N–H and O–H groups in total. The van der Waals surface area contributed by atoms with Gasteiger partial charge in [0.25, 0.3) is 0 Å². The lowest BCUT2D eigenvalue weighted by Gasteiger charge is -2.06. The number of carbonyl (C=O) groups is 2. The average molecular weight is 288 g/mol. The zero-order valence-corrected chi connectivity index (χ0v) is 12.8. The quantitative estimate of drug-likeness (QED) is 0.385. The van der Waals surface area contributed by atoms with E-state index in [4.69, 9.17) is 14.2 Å². The Morgan fingerprint density at radius 2 is 1.40 bits per heavy atom. The first-order valence-electron chi connectivity index (χ1n) is 7.53. The zero-order valence-electron chi connectivity index (χ0n) is 12.8. The van der Waals surface area contributed by atoms with Crippen molar-refractivity contribution >= 4 is 11.9 Å². The second kappa shape index (κ2) is 14.3. The highest BCUT2D eigenvalue weighted by Gasteiger charge is 2.02. The fourth-order valence-corrected chi connectivity index (χ4v) is 1.68. The molecule has 0 aliphatic carbocycles. The summed E-state index contributed by atoms with van der Waals surface area (Å²) in [5.74, 6) is -0.483. The summed E-state index contributed by atoms with van der Waals surface area (Å²) in [6.45, 7) is 4.70. The molecule has 0 unspecified atom stereocenters. The van der Waals surface area contributed by atoms with Crippen LogP contribution in [0, 0.1) is 0 Å². The Balaban J connectivity index is 3.18. The summed E-state index contributed by atoms with van der Waals surface area (Å²) in [7, 11) is 0. The highest BCUT2D eigenvalue weighted by Crippen LogP contribution is 2.07. The van der Waals surface area contributed by atoms with Crippen molar-refractivity contribution in [1.29, 1.82) is 0 Å². The number of rotatable bonds is 13. The number of carbonyl (C=O) groups excluding carboxylic acids is 2. The molecule has 0 aliphatic heterocycles. The third kappa shape index (κ3) is 15.0. The molecule has 0 radical (unpaired) electrons. The van der Waals surface area contributed by atoms with Crippen molar-refractivity contribution in [3.8, 4) is 0 Å². The van der Waals surface area contributed by atoms with Gasteiger partial charge in [0.2, 0.25) is 0 Å². The third-order valence-corrected chi connectivity index (χ3v) is 2.76. The topological polar surface area (TPSA) is 61.8 Å². The van der Waals surface area contributed by atoms with Gasteiger partial charge in [-0.1, -0.05) is 39.0 Å². The molecule has 0 aromatic carbocycles. The number of ether oxygens (including phenoxy) is 3. The summed E-state index contributed by atoms with van der Waals surface area (Å²) in [4.78, 5) is 21.8. The molecule has 0 atom stereocenters. The van der Waals surface area contributed by atoms with Crippen molar-refractivity contribution in [1.82, 2.24) is 0 Å². The molecule has 0 fully saturated rings. The van der Waals surface area contributed by atoms with Gasteiger partial charge in [0.15, 0.2) is 0 Å². The van der Waals surface area contributed by atoms with Crippen LogP contribution in [0.4, 0.5) is 0 Å². The van der Waals surface area contributed by atoms with Crippen LogP contribution in [-0.4, -0.2) is 38.4 Å². The van der Waals surface area contributed by atoms with E-state index in [9.17, 15) is 9.59 Å². The molecule has 0 saturated heterocycles. The number of hydrogen-bond donors (Lipinski definition) is 0. The molecular weight excluding hydrogens is 260 g/mol. The van der Waals surface area contributed by atoms with Crippen molar-refractivity contribution < 1.29 is 23.8 Å². The van der Waals surface area contributed by atoms with E-state index in [0.29, 0.717) is 19.6 Å². The van der Waals surface area contributed by atoms with Crippen molar-refractivity contribution in [2.45, 2.75) is 58.8 Å². The van der Waals surface area contributed by atoms with Crippen LogP contribution < -0.4 is 0 Å². The average Bonchev–Trinajstić information content (AvgIpc) is 2.41. The van der Waals surface area contributed by atoms with E-state index in [0.717, 1.165) is 12.8 Å². The van der Waals surface area contributed by atoms with Crippen molar-refractivity contribution in [2.24, 2.45) is 0 Å². The van der Waals surface area contributed by atoms with Gasteiger partial charge in [-0.05, 0) is 6.42 Å². The second-order valence-electron chi connectivity index (χ2n) is 4.69. The van der Waals surface area contributed by atoms with Gasteiger partial charge in [-0.15, -0.1) is 0 Å². The summed E-state index contributed by atoms with van der Waals surface area (Å²) in [6.07, 6.45) is 7.43. The van der Waals surface area contributed by atoms with Crippen LogP contribution in [0.1, 0.15) is 58.8 Å². The minimum absolute atomic E-state index is 0.163. The van der Waals surface area contributed by atoms with Crippen LogP contribution in [0.25, 0.3) is 0 Å². The van der Waals surface area contributed by atoms with Crippen molar-refractivity contribution in [3.63, 3.8) is 0 Å². The normalized spacial score (nSPS) is 10.3. The Bertz CT molecular complexity index is 253. The smallest absolute Gasteiger partial charge is 0.305 e. The number of esters is 2. The van der Waals surface area contributed by atoms with Gasteiger partial charge in [0.05, 0.1) is 13.2 Å². The van der Waals surface area contributed by atoms with Crippen LogP contribution in [0.5, 0.6) is 0 Å². The van der Waals surface area contributed by atoms with E-state index >= 15 is 0 Å². The predicted octanol–water partition coefficient (Wildman–Crippen LogP) is 2.86. The van der Waals surface area contributed by atoms with E-state index in [1.807, 2.05) is 0 Å². The molecule has 0 amide bonds. The molecule has 118 valence electrons. The minimum atomic E-state index is -0.320. The largest absolute Gasteiger partial charge is 0.463 e. The summed E-state index contributed by atoms with van der Waals surface area (Å²) >= 11 is 0. The maximum atomic E-state index is 11.4. The molecule has 0 aromatic rings. The highest BCUT2D eigenvalue weighted by atomic mass is 16.6. The third-order valence-electron chi connectivity index (χ3n) is 2.76. The van der Waals surface area contributed by atoms with Crippen LogP contribution in [-0.2, 0) is 23.8 Å². The van der Waals surface area contributed by atoms with Gasteiger partial charge in [0.1, 0.15) is 13.2 Å². The van der Waals surface area contributed by atoms with Crippen LogP contribution in [0.2, 0.25) is 0 Å². The molecule has 0 rings (SSSR count). The zero-order chi connectivity index (χ0) is 15.1. The Labute approximate surface area is 122 Å².